The van der Waals surface area contributed by atoms with Crippen molar-refractivity contribution in [1.82, 2.24) is 4.98 Å². The number of carbonyl (C=O) groups is 1. The van der Waals surface area contributed by atoms with Gasteiger partial charge in [-0.05, 0) is 46.6 Å². The molecule has 0 atom stereocenters. The largest absolute Gasteiger partial charge is 0.493 e. The summed E-state index contributed by atoms with van der Waals surface area (Å²) >= 11 is 3.45. The van der Waals surface area contributed by atoms with Gasteiger partial charge in [-0.2, -0.15) is 0 Å². The van der Waals surface area contributed by atoms with Gasteiger partial charge in [-0.1, -0.05) is 6.92 Å². The summed E-state index contributed by atoms with van der Waals surface area (Å²) in [6.07, 6.45) is 2.51. The maximum absolute atomic E-state index is 12.5. The van der Waals surface area contributed by atoms with Crippen LogP contribution in [0.15, 0.2) is 34.9 Å². The first-order valence-corrected chi connectivity index (χ1v) is 8.70. The second kappa shape index (κ2) is 8.71. The molecule has 0 unspecified atom stereocenters. The Morgan fingerprint density at radius 2 is 2.08 bits per heavy atom. The molecule has 1 amide bonds. The Labute approximate surface area is 156 Å². The second-order valence-corrected chi connectivity index (χ2v) is 6.45. The van der Waals surface area contributed by atoms with Crippen molar-refractivity contribution in [3.8, 4) is 11.5 Å². The van der Waals surface area contributed by atoms with E-state index in [9.17, 15) is 4.79 Å². The van der Waals surface area contributed by atoms with Crippen molar-refractivity contribution < 1.29 is 14.3 Å². The van der Waals surface area contributed by atoms with Crippen LogP contribution in [-0.4, -0.2) is 38.7 Å². The number of nitrogens with zero attached hydrogens (tertiary/aromatic N) is 2. The van der Waals surface area contributed by atoms with Crippen LogP contribution in [0, 0.1) is 0 Å². The van der Waals surface area contributed by atoms with E-state index in [1.807, 2.05) is 38.1 Å². The molecule has 0 aliphatic rings. The van der Waals surface area contributed by atoms with Crippen molar-refractivity contribution in [2.75, 3.05) is 38.0 Å². The molecule has 0 spiro atoms. The molecule has 0 fully saturated rings. The SMILES string of the molecule is CCCOc1c(Br)cc(C(=O)Nc2ccc(N(C)C)nc2)cc1OC. The highest BCUT2D eigenvalue weighted by molar-refractivity contribution is 9.10. The zero-order valence-corrected chi connectivity index (χ0v) is 16.4. The van der Waals surface area contributed by atoms with Gasteiger partial charge in [0.15, 0.2) is 11.5 Å². The number of rotatable bonds is 7. The smallest absolute Gasteiger partial charge is 0.255 e. The number of hydrogen-bond donors (Lipinski definition) is 1. The van der Waals surface area contributed by atoms with Gasteiger partial charge in [-0.15, -0.1) is 0 Å². The normalized spacial score (nSPS) is 10.3. The van der Waals surface area contributed by atoms with E-state index in [1.54, 1.807) is 25.4 Å². The van der Waals surface area contributed by atoms with Gasteiger partial charge in [-0.3, -0.25) is 4.79 Å². The van der Waals surface area contributed by atoms with E-state index >= 15 is 0 Å². The number of halogens is 1. The molecule has 7 heteroatoms. The van der Waals surface area contributed by atoms with Gasteiger partial charge < -0.3 is 19.7 Å². The number of pyridine rings is 1. The van der Waals surface area contributed by atoms with E-state index in [4.69, 9.17) is 9.47 Å². The van der Waals surface area contributed by atoms with Gasteiger partial charge in [0.25, 0.3) is 5.91 Å². The Kier molecular flexibility index (Phi) is 6.64. The fourth-order valence-corrected chi connectivity index (χ4v) is 2.68. The lowest BCUT2D eigenvalue weighted by Gasteiger charge is -2.14. The molecule has 25 heavy (non-hydrogen) atoms. The quantitative estimate of drug-likeness (QED) is 0.752. The summed E-state index contributed by atoms with van der Waals surface area (Å²) in [5.41, 5.74) is 1.08. The van der Waals surface area contributed by atoms with Gasteiger partial charge in [0.05, 0.1) is 30.1 Å². The molecule has 0 saturated heterocycles. The van der Waals surface area contributed by atoms with Gasteiger partial charge >= 0.3 is 0 Å². The number of anilines is 2. The maximum atomic E-state index is 12.5. The lowest BCUT2D eigenvalue weighted by molar-refractivity contribution is 0.102. The van der Waals surface area contributed by atoms with Crippen molar-refractivity contribution >= 4 is 33.3 Å². The molecular weight excluding hydrogens is 386 g/mol. The fraction of sp³-hybridized carbons (Fsp3) is 0.333. The highest BCUT2D eigenvalue weighted by Gasteiger charge is 2.16. The van der Waals surface area contributed by atoms with Gasteiger partial charge in [-0.25, -0.2) is 4.98 Å². The Bertz CT molecular complexity index is 733. The number of aromatic nitrogens is 1. The van der Waals surface area contributed by atoms with Crippen LogP contribution in [0.3, 0.4) is 0 Å². The fourth-order valence-electron chi connectivity index (χ4n) is 2.12. The van der Waals surface area contributed by atoms with Crippen LogP contribution in [0.4, 0.5) is 11.5 Å². The van der Waals surface area contributed by atoms with E-state index in [0.717, 1.165) is 12.2 Å². The summed E-state index contributed by atoms with van der Waals surface area (Å²) < 4.78 is 11.7. The predicted molar refractivity (Wildman–Crippen MR) is 103 cm³/mol. The molecular formula is C18H22BrN3O3. The summed E-state index contributed by atoms with van der Waals surface area (Å²) in [6, 6.07) is 7.02. The third-order valence-electron chi connectivity index (χ3n) is 3.41. The van der Waals surface area contributed by atoms with E-state index in [2.05, 4.69) is 26.2 Å². The molecule has 0 radical (unpaired) electrons. The first-order valence-electron chi connectivity index (χ1n) is 7.91. The molecule has 6 nitrogen and oxygen atoms in total. The third-order valence-corrected chi connectivity index (χ3v) is 4.00. The summed E-state index contributed by atoms with van der Waals surface area (Å²) in [5, 5.41) is 2.83. The zero-order chi connectivity index (χ0) is 18.4. The number of nitrogens with one attached hydrogen (secondary N) is 1. The number of benzene rings is 1. The molecule has 1 heterocycles. The van der Waals surface area contributed by atoms with E-state index in [0.29, 0.717) is 33.8 Å². The molecule has 0 saturated carbocycles. The first kappa shape index (κ1) is 19.1. The van der Waals surface area contributed by atoms with Gasteiger partial charge in [0, 0.05) is 19.7 Å². The molecule has 134 valence electrons. The summed E-state index contributed by atoms with van der Waals surface area (Å²) in [5.74, 6) is 1.67. The van der Waals surface area contributed by atoms with Crippen LogP contribution in [0.5, 0.6) is 11.5 Å². The Hall–Kier alpha value is -2.28. The molecule has 1 aromatic heterocycles. The van der Waals surface area contributed by atoms with Crippen LogP contribution < -0.4 is 19.7 Å². The highest BCUT2D eigenvalue weighted by Crippen LogP contribution is 2.37. The minimum atomic E-state index is -0.250. The van der Waals surface area contributed by atoms with Crippen LogP contribution >= 0.6 is 15.9 Å². The molecule has 2 rings (SSSR count). The number of amides is 1. The Morgan fingerprint density at radius 1 is 1.32 bits per heavy atom. The molecule has 1 N–H and O–H groups in total. The average molecular weight is 408 g/mol. The first-order chi connectivity index (χ1) is 12.0. The van der Waals surface area contributed by atoms with Gasteiger partial charge in [0.2, 0.25) is 0 Å². The maximum Gasteiger partial charge on any atom is 0.255 e. The van der Waals surface area contributed by atoms with Crippen molar-refractivity contribution in [1.29, 1.82) is 0 Å². The minimum Gasteiger partial charge on any atom is -0.493 e. The standard InChI is InChI=1S/C18H22BrN3O3/c1-5-8-25-17-14(19)9-12(10-15(17)24-4)18(23)21-13-6-7-16(20-11-13)22(2)3/h6-7,9-11H,5,8H2,1-4H3,(H,21,23). The monoisotopic (exact) mass is 407 g/mol. The van der Waals surface area contributed by atoms with Crippen molar-refractivity contribution in [2.24, 2.45) is 0 Å². The average Bonchev–Trinajstić information content (AvgIpc) is 2.60. The van der Waals surface area contributed by atoms with Crippen molar-refractivity contribution in [3.63, 3.8) is 0 Å². The summed E-state index contributed by atoms with van der Waals surface area (Å²) in [4.78, 5) is 18.7. The topological polar surface area (TPSA) is 63.7 Å². The van der Waals surface area contributed by atoms with Crippen LogP contribution in [0.2, 0.25) is 0 Å². The van der Waals surface area contributed by atoms with Crippen LogP contribution in [0.1, 0.15) is 23.7 Å². The van der Waals surface area contributed by atoms with Crippen LogP contribution in [0.25, 0.3) is 0 Å². The molecule has 2 aromatic rings. The summed E-state index contributed by atoms with van der Waals surface area (Å²) in [6.45, 7) is 2.60. The Balaban J connectivity index is 2.19. The van der Waals surface area contributed by atoms with Gasteiger partial charge in [0.1, 0.15) is 5.82 Å². The highest BCUT2D eigenvalue weighted by atomic mass is 79.9. The second-order valence-electron chi connectivity index (χ2n) is 5.59. The van der Waals surface area contributed by atoms with E-state index in [-0.39, 0.29) is 5.91 Å². The van der Waals surface area contributed by atoms with E-state index < -0.39 is 0 Å². The summed E-state index contributed by atoms with van der Waals surface area (Å²) in [7, 11) is 5.37. The van der Waals surface area contributed by atoms with E-state index in [1.165, 1.54) is 0 Å². The number of ether oxygens (including phenoxy) is 2. The lowest BCUT2D eigenvalue weighted by atomic mass is 10.2. The molecule has 0 aliphatic heterocycles. The molecule has 1 aromatic carbocycles. The van der Waals surface area contributed by atoms with Crippen molar-refractivity contribution in [2.45, 2.75) is 13.3 Å². The number of carbonyl (C=O) groups excluding carboxylic acids is 1. The Morgan fingerprint density at radius 3 is 2.64 bits per heavy atom. The number of hydrogen-bond acceptors (Lipinski definition) is 5. The number of methoxy groups -OCH3 is 1. The third kappa shape index (κ3) is 4.85. The molecule has 0 aliphatic carbocycles. The zero-order valence-electron chi connectivity index (χ0n) is 14.8. The predicted octanol–water partition coefficient (Wildman–Crippen LogP) is 3.96. The van der Waals surface area contributed by atoms with Crippen molar-refractivity contribution in [3.05, 3.63) is 40.5 Å². The minimum absolute atomic E-state index is 0.250. The lowest BCUT2D eigenvalue weighted by Crippen LogP contribution is -2.14. The van der Waals surface area contributed by atoms with Crippen LogP contribution in [-0.2, 0) is 0 Å². The molecule has 0 bridgehead atoms.